The standard InChI is InChI=1S/C11H24N2/c1-4-8-13(11-6-7-11)10(3)9-12-5-2/h10-12H,4-9H2,1-3H3. The highest BCUT2D eigenvalue weighted by Gasteiger charge is 2.30. The molecule has 0 spiro atoms. The number of likely N-dealkylation sites (N-methyl/N-ethyl adjacent to an activating group) is 1. The van der Waals surface area contributed by atoms with Gasteiger partial charge in [-0.1, -0.05) is 13.8 Å². The lowest BCUT2D eigenvalue weighted by molar-refractivity contribution is 0.195. The number of hydrogen-bond acceptors (Lipinski definition) is 2. The monoisotopic (exact) mass is 184 g/mol. The third-order valence-electron chi connectivity index (χ3n) is 2.75. The number of hydrogen-bond donors (Lipinski definition) is 1. The first-order chi connectivity index (χ1) is 6.29. The van der Waals surface area contributed by atoms with E-state index in [-0.39, 0.29) is 0 Å². The van der Waals surface area contributed by atoms with Crippen LogP contribution in [-0.2, 0) is 0 Å². The largest absolute Gasteiger partial charge is 0.315 e. The predicted octanol–water partition coefficient (Wildman–Crippen LogP) is 1.86. The molecule has 1 fully saturated rings. The molecule has 0 radical (unpaired) electrons. The van der Waals surface area contributed by atoms with Gasteiger partial charge in [-0.25, -0.2) is 0 Å². The van der Waals surface area contributed by atoms with Gasteiger partial charge < -0.3 is 5.32 Å². The quantitative estimate of drug-likeness (QED) is 0.649. The van der Waals surface area contributed by atoms with Gasteiger partial charge in [0.15, 0.2) is 0 Å². The Labute approximate surface area is 82.7 Å². The summed E-state index contributed by atoms with van der Waals surface area (Å²) >= 11 is 0. The Morgan fingerprint density at radius 1 is 1.38 bits per heavy atom. The van der Waals surface area contributed by atoms with Gasteiger partial charge in [-0.2, -0.15) is 0 Å². The minimum atomic E-state index is 0.715. The first-order valence-electron chi connectivity index (χ1n) is 5.76. The fourth-order valence-corrected chi connectivity index (χ4v) is 1.90. The van der Waals surface area contributed by atoms with Gasteiger partial charge in [0.2, 0.25) is 0 Å². The smallest absolute Gasteiger partial charge is 0.0195 e. The highest BCUT2D eigenvalue weighted by molar-refractivity contribution is 4.87. The molecular weight excluding hydrogens is 160 g/mol. The van der Waals surface area contributed by atoms with Crippen molar-refractivity contribution in [1.82, 2.24) is 10.2 Å². The molecule has 1 rings (SSSR count). The van der Waals surface area contributed by atoms with Gasteiger partial charge in [0.25, 0.3) is 0 Å². The summed E-state index contributed by atoms with van der Waals surface area (Å²) in [7, 11) is 0. The van der Waals surface area contributed by atoms with E-state index in [1.165, 1.54) is 25.8 Å². The van der Waals surface area contributed by atoms with Gasteiger partial charge in [-0.3, -0.25) is 4.90 Å². The minimum Gasteiger partial charge on any atom is -0.315 e. The summed E-state index contributed by atoms with van der Waals surface area (Å²) in [6.07, 6.45) is 4.14. The molecule has 0 aliphatic heterocycles. The highest BCUT2D eigenvalue weighted by Crippen LogP contribution is 2.28. The summed E-state index contributed by atoms with van der Waals surface area (Å²) in [6.45, 7) is 10.3. The third-order valence-corrected chi connectivity index (χ3v) is 2.75. The van der Waals surface area contributed by atoms with Gasteiger partial charge in [0.05, 0.1) is 0 Å². The summed E-state index contributed by atoms with van der Waals surface area (Å²) < 4.78 is 0. The fraction of sp³-hybridized carbons (Fsp3) is 1.00. The Balaban J connectivity index is 2.25. The van der Waals surface area contributed by atoms with Crippen molar-refractivity contribution in [2.24, 2.45) is 0 Å². The first kappa shape index (κ1) is 11.0. The van der Waals surface area contributed by atoms with E-state index >= 15 is 0 Å². The zero-order chi connectivity index (χ0) is 9.68. The third kappa shape index (κ3) is 3.65. The van der Waals surface area contributed by atoms with Crippen molar-refractivity contribution in [3.8, 4) is 0 Å². The van der Waals surface area contributed by atoms with E-state index < -0.39 is 0 Å². The van der Waals surface area contributed by atoms with Crippen molar-refractivity contribution in [2.45, 2.75) is 52.1 Å². The van der Waals surface area contributed by atoms with Crippen molar-refractivity contribution >= 4 is 0 Å². The van der Waals surface area contributed by atoms with Crippen LogP contribution in [0.15, 0.2) is 0 Å². The molecule has 0 amide bonds. The Bertz CT molecular complexity index is 132. The summed E-state index contributed by atoms with van der Waals surface area (Å²) in [4.78, 5) is 2.67. The molecule has 1 saturated carbocycles. The molecule has 1 unspecified atom stereocenters. The van der Waals surface area contributed by atoms with Crippen LogP contribution in [0.3, 0.4) is 0 Å². The molecule has 0 aromatic rings. The van der Waals surface area contributed by atoms with Crippen molar-refractivity contribution in [3.05, 3.63) is 0 Å². The molecular formula is C11H24N2. The molecule has 2 heteroatoms. The van der Waals surface area contributed by atoms with E-state index in [1.807, 2.05) is 0 Å². The molecule has 0 aromatic heterocycles. The Hall–Kier alpha value is -0.0800. The lowest BCUT2D eigenvalue weighted by Crippen LogP contribution is -2.42. The zero-order valence-corrected chi connectivity index (χ0v) is 9.34. The van der Waals surface area contributed by atoms with Crippen molar-refractivity contribution in [1.29, 1.82) is 0 Å². The van der Waals surface area contributed by atoms with Crippen LogP contribution in [0.1, 0.15) is 40.0 Å². The summed E-state index contributed by atoms with van der Waals surface area (Å²) in [5, 5.41) is 3.43. The van der Waals surface area contributed by atoms with Gasteiger partial charge in [0.1, 0.15) is 0 Å². The molecule has 0 bridgehead atoms. The number of rotatable bonds is 7. The summed E-state index contributed by atoms with van der Waals surface area (Å²) in [6, 6.07) is 1.63. The molecule has 0 aromatic carbocycles. The molecule has 1 aliphatic carbocycles. The molecule has 2 nitrogen and oxygen atoms in total. The average Bonchev–Trinajstić information content (AvgIpc) is 2.93. The van der Waals surface area contributed by atoms with Crippen molar-refractivity contribution in [3.63, 3.8) is 0 Å². The molecule has 0 saturated heterocycles. The maximum Gasteiger partial charge on any atom is 0.0195 e. The lowest BCUT2D eigenvalue weighted by atomic mass is 10.2. The zero-order valence-electron chi connectivity index (χ0n) is 9.34. The van der Waals surface area contributed by atoms with Crippen LogP contribution in [0.25, 0.3) is 0 Å². The molecule has 13 heavy (non-hydrogen) atoms. The van der Waals surface area contributed by atoms with Crippen molar-refractivity contribution in [2.75, 3.05) is 19.6 Å². The topological polar surface area (TPSA) is 15.3 Å². The number of nitrogens with one attached hydrogen (secondary N) is 1. The van der Waals surface area contributed by atoms with Crippen LogP contribution in [-0.4, -0.2) is 36.6 Å². The first-order valence-corrected chi connectivity index (χ1v) is 5.76. The fourth-order valence-electron chi connectivity index (χ4n) is 1.90. The van der Waals surface area contributed by atoms with Crippen LogP contribution in [0.4, 0.5) is 0 Å². The van der Waals surface area contributed by atoms with E-state index in [0.717, 1.165) is 19.1 Å². The second-order valence-electron chi connectivity index (χ2n) is 4.13. The molecule has 1 N–H and O–H groups in total. The molecule has 1 atom stereocenters. The minimum absolute atomic E-state index is 0.715. The van der Waals surface area contributed by atoms with E-state index in [4.69, 9.17) is 0 Å². The molecule has 1 aliphatic rings. The summed E-state index contributed by atoms with van der Waals surface area (Å²) in [5.74, 6) is 0. The van der Waals surface area contributed by atoms with E-state index in [9.17, 15) is 0 Å². The Morgan fingerprint density at radius 3 is 2.54 bits per heavy atom. The second-order valence-corrected chi connectivity index (χ2v) is 4.13. The Morgan fingerprint density at radius 2 is 2.08 bits per heavy atom. The maximum absolute atomic E-state index is 3.43. The van der Waals surface area contributed by atoms with Crippen LogP contribution in [0.2, 0.25) is 0 Å². The van der Waals surface area contributed by atoms with Crippen LogP contribution in [0.5, 0.6) is 0 Å². The lowest BCUT2D eigenvalue weighted by Gasteiger charge is -2.28. The van der Waals surface area contributed by atoms with Gasteiger partial charge in [0, 0.05) is 18.6 Å². The van der Waals surface area contributed by atoms with E-state index in [1.54, 1.807) is 0 Å². The van der Waals surface area contributed by atoms with Gasteiger partial charge >= 0.3 is 0 Å². The maximum atomic E-state index is 3.43. The highest BCUT2D eigenvalue weighted by atomic mass is 15.2. The van der Waals surface area contributed by atoms with Gasteiger partial charge in [-0.15, -0.1) is 0 Å². The van der Waals surface area contributed by atoms with Gasteiger partial charge in [-0.05, 0) is 39.3 Å². The van der Waals surface area contributed by atoms with Crippen LogP contribution >= 0.6 is 0 Å². The summed E-state index contributed by atoms with van der Waals surface area (Å²) in [5.41, 5.74) is 0. The van der Waals surface area contributed by atoms with Crippen molar-refractivity contribution < 1.29 is 0 Å². The molecule has 78 valence electrons. The SMILES string of the molecule is CCCN(C(C)CNCC)C1CC1. The second kappa shape index (κ2) is 5.61. The van der Waals surface area contributed by atoms with Crippen LogP contribution < -0.4 is 5.32 Å². The average molecular weight is 184 g/mol. The van der Waals surface area contributed by atoms with E-state index in [2.05, 4.69) is 31.0 Å². The molecule has 0 heterocycles. The normalized spacial score (nSPS) is 19.4. The predicted molar refractivity (Wildman–Crippen MR) is 58.0 cm³/mol. The number of nitrogens with zero attached hydrogens (tertiary/aromatic N) is 1. The van der Waals surface area contributed by atoms with E-state index in [0.29, 0.717) is 6.04 Å². The Kier molecular flexibility index (Phi) is 4.74. The van der Waals surface area contributed by atoms with Crippen LogP contribution in [0, 0.1) is 0 Å².